The van der Waals surface area contributed by atoms with Crippen LogP contribution in [0.2, 0.25) is 10.0 Å². The van der Waals surface area contributed by atoms with Crippen LogP contribution in [0.5, 0.6) is 0 Å². The van der Waals surface area contributed by atoms with Crippen molar-refractivity contribution >= 4 is 29.1 Å². The molecular weight excluding hydrogens is 375 g/mol. The Hall–Kier alpha value is -1.63. The number of aryl methyl sites for hydroxylation is 1. The van der Waals surface area contributed by atoms with E-state index in [-0.39, 0.29) is 11.7 Å². The topological polar surface area (TPSA) is 69.0 Å². The average Bonchev–Trinajstić information content (AvgIpc) is 3.35. The minimum Gasteiger partial charge on any atom is -0.381 e. The molecule has 1 amide bonds. The molecule has 0 aliphatic heterocycles. The maximum Gasteiger partial charge on any atom is 0.290 e. The Balaban J connectivity index is 1.61. The number of halogens is 2. The zero-order valence-corrected chi connectivity index (χ0v) is 16.2. The van der Waals surface area contributed by atoms with Gasteiger partial charge in [-0.3, -0.25) is 4.79 Å². The van der Waals surface area contributed by atoms with E-state index >= 15 is 0 Å². The average molecular weight is 397 g/mol. The Kier molecular flexibility index (Phi) is 6.51. The van der Waals surface area contributed by atoms with Crippen LogP contribution in [0.1, 0.15) is 42.6 Å². The maximum atomic E-state index is 12.3. The van der Waals surface area contributed by atoms with Gasteiger partial charge in [-0.05, 0) is 37.3 Å². The standard InChI is InChI=1S/C18H22Cl2N4O2/c1-2-15-22-17(18(25)21-9-4-10-26-11-12-7-8-12)23-24(15)16-13(19)5-3-6-14(16)20/h3,5-6,12H,2,4,7-11H2,1H3,(H,21,25). The number of carbonyl (C=O) groups is 1. The molecule has 0 saturated heterocycles. The van der Waals surface area contributed by atoms with E-state index in [0.29, 0.717) is 41.1 Å². The highest BCUT2D eigenvalue weighted by atomic mass is 35.5. The molecule has 26 heavy (non-hydrogen) atoms. The third-order valence-corrected chi connectivity index (χ3v) is 4.75. The number of benzene rings is 1. The Morgan fingerprint density at radius 1 is 1.35 bits per heavy atom. The molecule has 6 nitrogen and oxygen atoms in total. The van der Waals surface area contributed by atoms with E-state index in [1.807, 2.05) is 6.92 Å². The number of para-hydroxylation sites is 1. The van der Waals surface area contributed by atoms with Crippen molar-refractivity contribution < 1.29 is 9.53 Å². The van der Waals surface area contributed by atoms with Gasteiger partial charge in [0.15, 0.2) is 0 Å². The number of nitrogens with one attached hydrogen (secondary N) is 1. The van der Waals surface area contributed by atoms with Gasteiger partial charge in [0, 0.05) is 26.2 Å². The monoisotopic (exact) mass is 396 g/mol. The number of carbonyl (C=O) groups excluding carboxylic acids is 1. The molecule has 1 aliphatic rings. The first-order chi connectivity index (χ1) is 12.6. The van der Waals surface area contributed by atoms with Gasteiger partial charge in [0.2, 0.25) is 5.82 Å². The molecule has 1 fully saturated rings. The first kappa shape index (κ1) is 19.1. The van der Waals surface area contributed by atoms with E-state index < -0.39 is 0 Å². The molecule has 3 rings (SSSR count). The Morgan fingerprint density at radius 2 is 2.08 bits per heavy atom. The lowest BCUT2D eigenvalue weighted by Crippen LogP contribution is -2.26. The quantitative estimate of drug-likeness (QED) is 0.656. The van der Waals surface area contributed by atoms with Crippen molar-refractivity contribution in [2.45, 2.75) is 32.6 Å². The third-order valence-electron chi connectivity index (χ3n) is 4.14. The van der Waals surface area contributed by atoms with Gasteiger partial charge < -0.3 is 10.1 Å². The van der Waals surface area contributed by atoms with Crippen LogP contribution in [0.4, 0.5) is 0 Å². The molecule has 0 atom stereocenters. The third kappa shape index (κ3) is 4.75. The van der Waals surface area contributed by atoms with Gasteiger partial charge in [0.25, 0.3) is 5.91 Å². The van der Waals surface area contributed by atoms with E-state index in [0.717, 1.165) is 18.9 Å². The van der Waals surface area contributed by atoms with Crippen molar-refractivity contribution in [2.75, 3.05) is 19.8 Å². The van der Waals surface area contributed by atoms with Crippen LogP contribution in [-0.2, 0) is 11.2 Å². The number of aromatic nitrogens is 3. The van der Waals surface area contributed by atoms with Crippen LogP contribution in [-0.4, -0.2) is 40.4 Å². The molecule has 140 valence electrons. The van der Waals surface area contributed by atoms with Crippen LogP contribution in [0.15, 0.2) is 18.2 Å². The van der Waals surface area contributed by atoms with Gasteiger partial charge in [-0.15, -0.1) is 5.10 Å². The molecule has 1 aromatic carbocycles. The number of nitrogens with zero attached hydrogens (tertiary/aromatic N) is 3. The number of amides is 1. The second-order valence-electron chi connectivity index (χ2n) is 6.32. The Labute approximate surface area is 162 Å². The highest BCUT2D eigenvalue weighted by Crippen LogP contribution is 2.29. The number of hydrogen-bond donors (Lipinski definition) is 1. The highest BCUT2D eigenvalue weighted by molar-refractivity contribution is 6.37. The fourth-order valence-corrected chi connectivity index (χ4v) is 3.09. The first-order valence-electron chi connectivity index (χ1n) is 8.86. The molecule has 2 aromatic rings. The predicted molar refractivity (Wildman–Crippen MR) is 101 cm³/mol. The second-order valence-corrected chi connectivity index (χ2v) is 7.13. The molecular formula is C18H22Cl2N4O2. The molecule has 1 heterocycles. The maximum absolute atomic E-state index is 12.3. The minimum absolute atomic E-state index is 0.108. The first-order valence-corrected chi connectivity index (χ1v) is 9.62. The van der Waals surface area contributed by atoms with Crippen molar-refractivity contribution in [3.05, 3.63) is 39.9 Å². The van der Waals surface area contributed by atoms with E-state index in [9.17, 15) is 4.79 Å². The predicted octanol–water partition coefficient (Wildman–Crippen LogP) is 3.68. The normalized spacial score (nSPS) is 13.8. The SMILES string of the molecule is CCc1nc(C(=O)NCCCOCC2CC2)nn1-c1c(Cl)cccc1Cl. The molecule has 1 saturated carbocycles. The van der Waals surface area contributed by atoms with E-state index in [1.54, 1.807) is 22.9 Å². The van der Waals surface area contributed by atoms with Crippen molar-refractivity contribution in [3.63, 3.8) is 0 Å². The number of ether oxygens (including phenoxy) is 1. The molecule has 0 radical (unpaired) electrons. The van der Waals surface area contributed by atoms with Gasteiger partial charge in [0.1, 0.15) is 11.5 Å². The summed E-state index contributed by atoms with van der Waals surface area (Å²) in [6.45, 7) is 3.93. The van der Waals surface area contributed by atoms with Gasteiger partial charge >= 0.3 is 0 Å². The van der Waals surface area contributed by atoms with Crippen molar-refractivity contribution in [1.82, 2.24) is 20.1 Å². The summed E-state index contributed by atoms with van der Waals surface area (Å²) in [6, 6.07) is 5.21. The lowest BCUT2D eigenvalue weighted by atomic mass is 10.3. The summed E-state index contributed by atoms with van der Waals surface area (Å²) < 4.78 is 7.09. The van der Waals surface area contributed by atoms with Gasteiger partial charge in [0.05, 0.1) is 10.0 Å². The van der Waals surface area contributed by atoms with Crippen LogP contribution >= 0.6 is 23.2 Å². The van der Waals surface area contributed by atoms with Crippen molar-refractivity contribution in [2.24, 2.45) is 5.92 Å². The summed E-state index contributed by atoms with van der Waals surface area (Å²) in [5.74, 6) is 1.17. The van der Waals surface area contributed by atoms with Crippen molar-refractivity contribution in [3.8, 4) is 5.69 Å². The lowest BCUT2D eigenvalue weighted by molar-refractivity contribution is 0.0927. The van der Waals surface area contributed by atoms with Gasteiger partial charge in [-0.1, -0.05) is 36.2 Å². The highest BCUT2D eigenvalue weighted by Gasteiger charge is 2.21. The molecule has 1 aliphatic carbocycles. The zero-order chi connectivity index (χ0) is 18.5. The molecule has 1 aromatic heterocycles. The largest absolute Gasteiger partial charge is 0.381 e. The van der Waals surface area contributed by atoms with Crippen LogP contribution in [0.25, 0.3) is 5.69 Å². The smallest absolute Gasteiger partial charge is 0.290 e. The second kappa shape index (κ2) is 8.84. The molecule has 8 heteroatoms. The number of hydrogen-bond acceptors (Lipinski definition) is 4. The zero-order valence-electron chi connectivity index (χ0n) is 14.7. The molecule has 0 unspecified atom stereocenters. The fourth-order valence-electron chi connectivity index (χ4n) is 2.53. The minimum atomic E-state index is -0.316. The Morgan fingerprint density at radius 3 is 2.73 bits per heavy atom. The summed E-state index contributed by atoms with van der Waals surface area (Å²) >= 11 is 12.5. The van der Waals surface area contributed by atoms with Gasteiger partial charge in [-0.25, -0.2) is 9.67 Å². The molecule has 0 spiro atoms. The number of rotatable bonds is 9. The summed E-state index contributed by atoms with van der Waals surface area (Å²) in [5, 5.41) is 8.05. The van der Waals surface area contributed by atoms with Crippen molar-refractivity contribution in [1.29, 1.82) is 0 Å². The Bertz CT molecular complexity index is 754. The van der Waals surface area contributed by atoms with Gasteiger partial charge in [-0.2, -0.15) is 0 Å². The fraction of sp³-hybridized carbons (Fsp3) is 0.500. The molecule has 1 N–H and O–H groups in total. The van der Waals surface area contributed by atoms with E-state index in [4.69, 9.17) is 27.9 Å². The summed E-state index contributed by atoms with van der Waals surface area (Å²) in [5.41, 5.74) is 0.535. The van der Waals surface area contributed by atoms with Crippen LogP contribution in [0, 0.1) is 5.92 Å². The lowest BCUT2D eigenvalue weighted by Gasteiger charge is -2.08. The summed E-state index contributed by atoms with van der Waals surface area (Å²) in [7, 11) is 0. The molecule has 0 bridgehead atoms. The summed E-state index contributed by atoms with van der Waals surface area (Å²) in [4.78, 5) is 16.6. The van der Waals surface area contributed by atoms with Crippen LogP contribution in [0.3, 0.4) is 0 Å². The van der Waals surface area contributed by atoms with E-state index in [2.05, 4.69) is 15.4 Å². The van der Waals surface area contributed by atoms with Crippen LogP contribution < -0.4 is 5.32 Å². The summed E-state index contributed by atoms with van der Waals surface area (Å²) in [6.07, 6.45) is 3.91. The van der Waals surface area contributed by atoms with E-state index in [1.165, 1.54) is 12.8 Å².